The molecule has 0 radical (unpaired) electrons. The Bertz CT molecular complexity index is 1050. The van der Waals surface area contributed by atoms with Crippen LogP contribution in [-0.2, 0) is 13.2 Å². The average Bonchev–Trinajstić information content (AvgIpc) is 2.64. The fourth-order valence-corrected chi connectivity index (χ4v) is 2.70. The Kier molecular flexibility index (Phi) is 5.37. The quantitative estimate of drug-likeness (QED) is 0.619. The van der Waals surface area contributed by atoms with Gasteiger partial charge in [-0.3, -0.25) is 9.36 Å². The third-order valence-corrected chi connectivity index (χ3v) is 4.19. The number of halogens is 2. The molecule has 1 aromatic carbocycles. The molecular formula is C18H17ClFN3O3. The predicted molar refractivity (Wildman–Crippen MR) is 96.9 cm³/mol. The molecule has 0 bridgehead atoms. The molecule has 2 aromatic heterocycles. The van der Waals surface area contributed by atoms with Crippen LogP contribution in [0.15, 0.2) is 46.0 Å². The summed E-state index contributed by atoms with van der Waals surface area (Å²) in [6, 6.07) is 10.1. The van der Waals surface area contributed by atoms with Crippen molar-refractivity contribution in [3.05, 3.63) is 73.8 Å². The summed E-state index contributed by atoms with van der Waals surface area (Å²) in [4.78, 5) is 34.7. The van der Waals surface area contributed by atoms with E-state index in [1.165, 1.54) is 4.57 Å². The maximum Gasteiger partial charge on any atom is 0.366 e. The van der Waals surface area contributed by atoms with Crippen molar-refractivity contribution in [2.24, 2.45) is 0 Å². The standard InChI is InChI=1S/C18H17ClFN3O3/c1-2-3-9-22-16-13(10-14(20)15(19)21-16)17(24)23(18(22)25)26-11-12-7-5-4-6-8-12/h4-8,10H,2-3,9,11H2,1H3. The SMILES string of the molecule is CCCCn1c(=O)n(OCc2ccccc2)c(=O)c2cc(F)c(Cl)nc21. The zero-order valence-corrected chi connectivity index (χ0v) is 14.9. The Balaban J connectivity index is 2.14. The Labute approximate surface area is 153 Å². The van der Waals surface area contributed by atoms with Gasteiger partial charge in [-0.2, -0.15) is 0 Å². The van der Waals surface area contributed by atoms with Crippen molar-refractivity contribution >= 4 is 22.6 Å². The first-order valence-electron chi connectivity index (χ1n) is 8.21. The molecule has 0 spiro atoms. The molecular weight excluding hydrogens is 361 g/mol. The fourth-order valence-electron chi connectivity index (χ4n) is 2.56. The molecule has 0 aliphatic rings. The highest BCUT2D eigenvalue weighted by atomic mass is 35.5. The van der Waals surface area contributed by atoms with Crippen LogP contribution in [0.25, 0.3) is 11.0 Å². The van der Waals surface area contributed by atoms with Crippen LogP contribution in [0.1, 0.15) is 25.3 Å². The average molecular weight is 378 g/mol. The van der Waals surface area contributed by atoms with Crippen molar-refractivity contribution in [2.75, 3.05) is 0 Å². The lowest BCUT2D eigenvalue weighted by atomic mass is 10.2. The van der Waals surface area contributed by atoms with E-state index < -0.39 is 17.1 Å². The lowest BCUT2D eigenvalue weighted by Gasteiger charge is -2.14. The van der Waals surface area contributed by atoms with Gasteiger partial charge < -0.3 is 4.84 Å². The Morgan fingerprint density at radius 1 is 1.23 bits per heavy atom. The molecule has 0 saturated heterocycles. The second-order valence-electron chi connectivity index (χ2n) is 5.78. The van der Waals surface area contributed by atoms with Crippen molar-refractivity contribution in [2.45, 2.75) is 32.9 Å². The van der Waals surface area contributed by atoms with Crippen molar-refractivity contribution in [3.8, 4) is 0 Å². The van der Waals surface area contributed by atoms with Gasteiger partial charge in [0.05, 0.1) is 5.39 Å². The molecule has 0 fully saturated rings. The number of nitrogens with zero attached hydrogens (tertiary/aromatic N) is 3. The minimum Gasteiger partial charge on any atom is -0.401 e. The van der Waals surface area contributed by atoms with Crippen LogP contribution in [0, 0.1) is 5.82 Å². The summed E-state index contributed by atoms with van der Waals surface area (Å²) in [6.07, 6.45) is 1.51. The summed E-state index contributed by atoms with van der Waals surface area (Å²) < 4.78 is 15.8. The van der Waals surface area contributed by atoms with Gasteiger partial charge in [0, 0.05) is 6.54 Å². The maximum atomic E-state index is 13.8. The molecule has 0 N–H and O–H groups in total. The van der Waals surface area contributed by atoms with E-state index in [9.17, 15) is 14.0 Å². The van der Waals surface area contributed by atoms with Crippen LogP contribution < -0.4 is 16.1 Å². The Morgan fingerprint density at radius 2 is 1.96 bits per heavy atom. The molecule has 0 atom stereocenters. The molecule has 26 heavy (non-hydrogen) atoms. The van der Waals surface area contributed by atoms with Crippen LogP contribution in [0.2, 0.25) is 5.15 Å². The number of hydrogen-bond acceptors (Lipinski definition) is 4. The smallest absolute Gasteiger partial charge is 0.366 e. The summed E-state index contributed by atoms with van der Waals surface area (Å²) >= 11 is 5.74. The molecule has 0 unspecified atom stereocenters. The van der Waals surface area contributed by atoms with Gasteiger partial charge in [-0.1, -0.05) is 60.0 Å². The number of rotatable bonds is 6. The normalized spacial score (nSPS) is 11.0. The van der Waals surface area contributed by atoms with Crippen molar-refractivity contribution in [1.82, 2.24) is 14.3 Å². The highest BCUT2D eigenvalue weighted by molar-refractivity contribution is 6.29. The van der Waals surface area contributed by atoms with Gasteiger partial charge in [-0.05, 0) is 18.1 Å². The number of aromatic nitrogens is 3. The van der Waals surface area contributed by atoms with E-state index in [4.69, 9.17) is 16.4 Å². The van der Waals surface area contributed by atoms with Gasteiger partial charge in [-0.15, -0.1) is 0 Å². The Morgan fingerprint density at radius 3 is 2.65 bits per heavy atom. The monoisotopic (exact) mass is 377 g/mol. The summed E-state index contributed by atoms with van der Waals surface area (Å²) in [6.45, 7) is 2.31. The second-order valence-corrected chi connectivity index (χ2v) is 6.14. The van der Waals surface area contributed by atoms with Gasteiger partial charge in [0.15, 0.2) is 16.6 Å². The molecule has 0 aliphatic heterocycles. The van der Waals surface area contributed by atoms with E-state index in [-0.39, 0.29) is 22.8 Å². The van der Waals surface area contributed by atoms with Crippen LogP contribution in [0.5, 0.6) is 0 Å². The third-order valence-electron chi connectivity index (χ3n) is 3.93. The van der Waals surface area contributed by atoms with Crippen LogP contribution in [0.4, 0.5) is 4.39 Å². The molecule has 3 rings (SSSR count). The number of hydrogen-bond donors (Lipinski definition) is 0. The molecule has 136 valence electrons. The number of fused-ring (bicyclic) bond motifs is 1. The van der Waals surface area contributed by atoms with Gasteiger partial charge >= 0.3 is 5.69 Å². The lowest BCUT2D eigenvalue weighted by Crippen LogP contribution is -2.44. The molecule has 8 heteroatoms. The summed E-state index contributed by atoms with van der Waals surface area (Å²) in [5.41, 5.74) is -0.586. The van der Waals surface area contributed by atoms with E-state index in [1.54, 1.807) is 0 Å². The number of benzene rings is 1. The lowest BCUT2D eigenvalue weighted by molar-refractivity contribution is 0.0771. The van der Waals surface area contributed by atoms with E-state index in [1.807, 2.05) is 37.3 Å². The third kappa shape index (κ3) is 3.48. The first-order valence-corrected chi connectivity index (χ1v) is 8.59. The summed E-state index contributed by atoms with van der Waals surface area (Å²) in [5, 5.41) is -0.444. The van der Waals surface area contributed by atoms with E-state index in [0.717, 1.165) is 18.1 Å². The van der Waals surface area contributed by atoms with Crippen LogP contribution in [-0.4, -0.2) is 14.3 Å². The minimum atomic E-state index is -0.827. The van der Waals surface area contributed by atoms with Crippen molar-refractivity contribution < 1.29 is 9.23 Å². The Hall–Kier alpha value is -2.67. The summed E-state index contributed by atoms with van der Waals surface area (Å²) in [7, 11) is 0. The van der Waals surface area contributed by atoms with Gasteiger partial charge in [0.1, 0.15) is 6.61 Å². The zero-order valence-electron chi connectivity index (χ0n) is 14.1. The van der Waals surface area contributed by atoms with E-state index in [0.29, 0.717) is 17.7 Å². The number of aryl methyl sites for hydroxylation is 1. The van der Waals surface area contributed by atoms with E-state index in [2.05, 4.69) is 4.98 Å². The molecule has 6 nitrogen and oxygen atoms in total. The maximum absolute atomic E-state index is 13.8. The second kappa shape index (κ2) is 7.70. The minimum absolute atomic E-state index is 0.0266. The number of pyridine rings is 1. The van der Waals surface area contributed by atoms with E-state index >= 15 is 0 Å². The fraction of sp³-hybridized carbons (Fsp3) is 0.278. The first-order chi connectivity index (χ1) is 12.5. The molecule has 0 amide bonds. The van der Waals surface area contributed by atoms with Crippen LogP contribution in [0.3, 0.4) is 0 Å². The topological polar surface area (TPSA) is 66.1 Å². The predicted octanol–water partition coefficient (Wildman–Crippen LogP) is 2.78. The summed E-state index contributed by atoms with van der Waals surface area (Å²) in [5.74, 6) is -0.827. The van der Waals surface area contributed by atoms with Crippen molar-refractivity contribution in [1.29, 1.82) is 0 Å². The van der Waals surface area contributed by atoms with Gasteiger partial charge in [-0.25, -0.2) is 14.2 Å². The van der Waals surface area contributed by atoms with Gasteiger partial charge in [0.25, 0.3) is 5.56 Å². The first kappa shape index (κ1) is 18.1. The molecule has 2 heterocycles. The molecule has 3 aromatic rings. The zero-order chi connectivity index (χ0) is 18.7. The van der Waals surface area contributed by atoms with Crippen molar-refractivity contribution in [3.63, 3.8) is 0 Å². The largest absolute Gasteiger partial charge is 0.401 e. The van der Waals surface area contributed by atoms with Crippen LogP contribution >= 0.6 is 11.6 Å². The molecule has 0 aliphatic carbocycles. The highest BCUT2D eigenvalue weighted by Gasteiger charge is 2.17. The van der Waals surface area contributed by atoms with Gasteiger partial charge in [0.2, 0.25) is 0 Å². The molecule has 0 saturated carbocycles. The highest BCUT2D eigenvalue weighted by Crippen LogP contribution is 2.16. The number of unbranched alkanes of at least 4 members (excludes halogenated alkanes) is 1.